The van der Waals surface area contributed by atoms with Crippen LogP contribution in [0.5, 0.6) is 0 Å². The highest BCUT2D eigenvalue weighted by Crippen LogP contribution is 2.18. The molecule has 2 N–H and O–H groups in total. The van der Waals surface area contributed by atoms with E-state index in [4.69, 9.17) is 4.42 Å². The Labute approximate surface area is 161 Å². The molecule has 2 aromatic rings. The van der Waals surface area contributed by atoms with Gasteiger partial charge in [0.15, 0.2) is 5.69 Å². The largest absolute Gasteiger partial charge is 0.446 e. The van der Waals surface area contributed by atoms with Gasteiger partial charge in [0.05, 0.1) is 12.2 Å². The molecule has 1 aliphatic heterocycles. The van der Waals surface area contributed by atoms with Gasteiger partial charge in [0, 0.05) is 6.07 Å². The van der Waals surface area contributed by atoms with Crippen LogP contribution in [0.25, 0.3) is 0 Å². The first-order chi connectivity index (χ1) is 13.4. The molecule has 0 spiro atoms. The van der Waals surface area contributed by atoms with Gasteiger partial charge in [-0.15, -0.1) is 0 Å². The van der Waals surface area contributed by atoms with Crippen molar-refractivity contribution in [2.24, 2.45) is 0 Å². The van der Waals surface area contributed by atoms with Gasteiger partial charge in [0.25, 0.3) is 5.91 Å². The maximum Gasteiger partial charge on any atom is 0.277 e. The van der Waals surface area contributed by atoms with E-state index in [0.29, 0.717) is 6.54 Å². The summed E-state index contributed by atoms with van der Waals surface area (Å²) < 4.78 is 32.1. The third kappa shape index (κ3) is 5.13. The van der Waals surface area contributed by atoms with Gasteiger partial charge in [-0.3, -0.25) is 14.5 Å². The fourth-order valence-electron chi connectivity index (χ4n) is 3.04. The predicted octanol–water partition coefficient (Wildman–Crippen LogP) is 2.87. The summed E-state index contributed by atoms with van der Waals surface area (Å²) in [4.78, 5) is 30.5. The Balaban J connectivity index is 1.57. The number of nitrogens with one attached hydrogen (secondary N) is 2. The Morgan fingerprint density at radius 2 is 2.00 bits per heavy atom. The molecule has 2 heterocycles. The number of rotatable bonds is 6. The Bertz CT molecular complexity index is 849. The molecule has 150 valence electrons. The highest BCUT2D eigenvalue weighted by atomic mass is 19.1. The van der Waals surface area contributed by atoms with Crippen LogP contribution in [0.3, 0.4) is 0 Å². The zero-order chi connectivity index (χ0) is 20.1. The monoisotopic (exact) mass is 392 g/mol. The molecule has 1 aliphatic rings. The molecule has 0 radical (unpaired) electrons. The summed E-state index contributed by atoms with van der Waals surface area (Å²) in [6, 6.07) is 2.20. The van der Waals surface area contributed by atoms with Gasteiger partial charge < -0.3 is 15.1 Å². The van der Waals surface area contributed by atoms with Crippen LogP contribution >= 0.6 is 0 Å². The van der Waals surface area contributed by atoms with Crippen molar-refractivity contribution in [3.8, 4) is 0 Å². The summed E-state index contributed by atoms with van der Waals surface area (Å²) in [6.07, 6.45) is 4.48. The van der Waals surface area contributed by atoms with Crippen LogP contribution in [-0.2, 0) is 4.79 Å². The van der Waals surface area contributed by atoms with Crippen molar-refractivity contribution in [1.29, 1.82) is 0 Å². The first-order valence-corrected chi connectivity index (χ1v) is 9.16. The summed E-state index contributed by atoms with van der Waals surface area (Å²) >= 11 is 0. The number of anilines is 1. The molecule has 0 bridgehead atoms. The zero-order valence-corrected chi connectivity index (χ0v) is 15.5. The van der Waals surface area contributed by atoms with E-state index in [2.05, 4.69) is 20.5 Å². The molecule has 0 unspecified atom stereocenters. The lowest BCUT2D eigenvalue weighted by Crippen LogP contribution is -2.40. The summed E-state index contributed by atoms with van der Waals surface area (Å²) in [5, 5.41) is 5.03. The topological polar surface area (TPSA) is 87.5 Å². The molecule has 0 saturated carbocycles. The zero-order valence-electron chi connectivity index (χ0n) is 15.5. The molecule has 0 aliphatic carbocycles. The number of halogens is 2. The summed E-state index contributed by atoms with van der Waals surface area (Å²) in [5.41, 5.74) is -0.395. The van der Waals surface area contributed by atoms with E-state index in [0.717, 1.165) is 50.4 Å². The molecule has 1 aromatic heterocycles. The second kappa shape index (κ2) is 8.92. The number of amides is 2. The fourth-order valence-corrected chi connectivity index (χ4v) is 3.04. The molecule has 1 fully saturated rings. The summed E-state index contributed by atoms with van der Waals surface area (Å²) in [6.45, 7) is 3.80. The second-order valence-electron chi connectivity index (χ2n) is 6.78. The van der Waals surface area contributed by atoms with E-state index < -0.39 is 23.6 Å². The van der Waals surface area contributed by atoms with Gasteiger partial charge in [-0.1, -0.05) is 6.42 Å². The smallest absolute Gasteiger partial charge is 0.277 e. The second-order valence-corrected chi connectivity index (χ2v) is 6.78. The van der Waals surface area contributed by atoms with Gasteiger partial charge in [0.2, 0.25) is 11.8 Å². The van der Waals surface area contributed by atoms with Crippen LogP contribution in [0.2, 0.25) is 0 Å². The fraction of sp³-hybridized carbons (Fsp3) is 0.421. The van der Waals surface area contributed by atoms with Crippen molar-refractivity contribution < 1.29 is 22.8 Å². The molecule has 3 rings (SSSR count). The normalized spacial score (nSPS) is 15.8. The number of oxazole rings is 1. The molecular formula is C19H22F2N4O3. The Hall–Kier alpha value is -2.81. The van der Waals surface area contributed by atoms with Crippen molar-refractivity contribution in [3.05, 3.63) is 47.7 Å². The molecule has 1 aromatic carbocycles. The van der Waals surface area contributed by atoms with Crippen molar-refractivity contribution in [2.75, 3.05) is 25.0 Å². The Morgan fingerprint density at radius 1 is 1.25 bits per heavy atom. The lowest BCUT2D eigenvalue weighted by atomic mass is 10.1. The molecule has 28 heavy (non-hydrogen) atoms. The lowest BCUT2D eigenvalue weighted by molar-refractivity contribution is -0.123. The average Bonchev–Trinajstić information content (AvgIpc) is 3.16. The van der Waals surface area contributed by atoms with E-state index in [1.165, 1.54) is 6.42 Å². The van der Waals surface area contributed by atoms with E-state index in [1.54, 1.807) is 6.92 Å². The van der Waals surface area contributed by atoms with Crippen LogP contribution in [0.15, 0.2) is 28.9 Å². The average molecular weight is 392 g/mol. The van der Waals surface area contributed by atoms with Gasteiger partial charge in [-0.2, -0.15) is 0 Å². The molecule has 7 nitrogen and oxygen atoms in total. The number of hydrogen-bond donors (Lipinski definition) is 2. The number of aromatic nitrogens is 1. The van der Waals surface area contributed by atoms with Gasteiger partial charge >= 0.3 is 0 Å². The lowest BCUT2D eigenvalue weighted by Gasteiger charge is -2.26. The minimum absolute atomic E-state index is 0.101. The molecule has 9 heteroatoms. The summed E-state index contributed by atoms with van der Waals surface area (Å²) in [7, 11) is 0. The third-order valence-corrected chi connectivity index (χ3v) is 4.50. The number of benzene rings is 1. The van der Waals surface area contributed by atoms with E-state index in [1.807, 2.05) is 0 Å². The van der Waals surface area contributed by atoms with E-state index >= 15 is 0 Å². The van der Waals surface area contributed by atoms with E-state index in [9.17, 15) is 18.4 Å². The molecular weight excluding hydrogens is 370 g/mol. The molecule has 1 saturated heterocycles. The maximum absolute atomic E-state index is 13.6. The van der Waals surface area contributed by atoms with Gasteiger partial charge in [-0.25, -0.2) is 13.8 Å². The number of hydrogen-bond acceptors (Lipinski definition) is 5. The van der Waals surface area contributed by atoms with Crippen LogP contribution in [-0.4, -0.2) is 41.3 Å². The van der Waals surface area contributed by atoms with E-state index in [-0.39, 0.29) is 23.2 Å². The van der Waals surface area contributed by atoms with Crippen molar-refractivity contribution in [2.45, 2.75) is 32.2 Å². The first kappa shape index (κ1) is 19.9. The standard InChI is InChI=1S/C19H22F2N4O3/c1-12(22-17(26)10-25-7-3-2-4-8-25)19-24-16(11-28-19)18(27)23-15-9-13(20)5-6-14(15)21/h5-6,9,11-12H,2-4,7-8,10H2,1H3,(H,22,26)(H,23,27)/t12-/m1/s1. The van der Waals surface area contributed by atoms with Gasteiger partial charge in [-0.05, 0) is 45.0 Å². The van der Waals surface area contributed by atoms with Crippen molar-refractivity contribution >= 4 is 17.5 Å². The van der Waals surface area contributed by atoms with Crippen molar-refractivity contribution in [1.82, 2.24) is 15.2 Å². The minimum atomic E-state index is -0.767. The van der Waals surface area contributed by atoms with Crippen molar-refractivity contribution in [3.63, 3.8) is 0 Å². The van der Waals surface area contributed by atoms with Gasteiger partial charge in [0.1, 0.15) is 23.9 Å². The highest BCUT2D eigenvalue weighted by molar-refractivity contribution is 6.02. The quantitative estimate of drug-likeness (QED) is 0.789. The predicted molar refractivity (Wildman–Crippen MR) is 97.7 cm³/mol. The maximum atomic E-state index is 13.6. The van der Waals surface area contributed by atoms with Crippen LogP contribution < -0.4 is 10.6 Å². The number of piperidine rings is 1. The van der Waals surface area contributed by atoms with Crippen LogP contribution in [0.4, 0.5) is 14.5 Å². The number of carbonyl (C=O) groups excluding carboxylic acids is 2. The minimum Gasteiger partial charge on any atom is -0.446 e. The van der Waals surface area contributed by atoms with Crippen LogP contribution in [0.1, 0.15) is 48.6 Å². The number of carbonyl (C=O) groups is 2. The number of likely N-dealkylation sites (tertiary alicyclic amines) is 1. The van der Waals surface area contributed by atoms with Crippen LogP contribution in [0, 0.1) is 11.6 Å². The molecule has 2 amide bonds. The third-order valence-electron chi connectivity index (χ3n) is 4.50. The Kier molecular flexibility index (Phi) is 6.35. The molecule has 1 atom stereocenters. The highest BCUT2D eigenvalue weighted by Gasteiger charge is 2.21. The SMILES string of the molecule is C[C@@H](NC(=O)CN1CCCCC1)c1nc(C(=O)Nc2cc(F)ccc2F)co1. The number of nitrogens with zero attached hydrogens (tertiary/aromatic N) is 2. The summed E-state index contributed by atoms with van der Waals surface area (Å²) in [5.74, 6) is -2.19. The Morgan fingerprint density at radius 3 is 2.75 bits per heavy atom. The first-order valence-electron chi connectivity index (χ1n) is 9.16.